The number of anilines is 1. The standard InChI is InChI=1S/C19H27N5OS.HI/c1-4-20-19(22-12-18-21-11-14(2)26-18)23-15-9-10-24(13-15)16-7-5-6-8-17(16)25-3;/h5-8,11,15H,4,9-10,12-13H2,1-3H3,(H2,20,22,23);1H. The monoisotopic (exact) mass is 501 g/mol. The Balaban J connectivity index is 0.00000261. The van der Waals surface area contributed by atoms with Crippen molar-refractivity contribution in [2.45, 2.75) is 32.9 Å². The molecular weight excluding hydrogens is 473 g/mol. The van der Waals surface area contributed by atoms with Crippen LogP contribution in [-0.2, 0) is 6.54 Å². The number of methoxy groups -OCH3 is 1. The van der Waals surface area contributed by atoms with Crippen LogP contribution in [0.15, 0.2) is 35.5 Å². The van der Waals surface area contributed by atoms with E-state index < -0.39 is 0 Å². The summed E-state index contributed by atoms with van der Waals surface area (Å²) in [5, 5.41) is 7.94. The first kappa shape index (κ1) is 21.7. The fraction of sp³-hybridized carbons (Fsp3) is 0.474. The third-order valence-electron chi connectivity index (χ3n) is 4.34. The second kappa shape index (κ2) is 10.7. The van der Waals surface area contributed by atoms with Gasteiger partial charge in [0.15, 0.2) is 5.96 Å². The van der Waals surface area contributed by atoms with Gasteiger partial charge in [-0.05, 0) is 32.4 Å². The average Bonchev–Trinajstić information content (AvgIpc) is 3.29. The molecule has 0 saturated carbocycles. The van der Waals surface area contributed by atoms with Crippen LogP contribution in [0.2, 0.25) is 0 Å². The highest BCUT2D eigenvalue weighted by Crippen LogP contribution is 2.30. The third kappa shape index (κ3) is 5.97. The van der Waals surface area contributed by atoms with Gasteiger partial charge in [0.05, 0.1) is 19.3 Å². The molecule has 27 heavy (non-hydrogen) atoms. The number of aryl methyl sites for hydroxylation is 1. The molecule has 1 aliphatic rings. The van der Waals surface area contributed by atoms with Crippen LogP contribution in [-0.4, -0.2) is 43.7 Å². The summed E-state index contributed by atoms with van der Waals surface area (Å²) in [6, 6.07) is 8.55. The first-order chi connectivity index (χ1) is 12.7. The van der Waals surface area contributed by atoms with Crippen molar-refractivity contribution in [3.8, 4) is 5.75 Å². The molecule has 1 atom stereocenters. The molecule has 2 heterocycles. The van der Waals surface area contributed by atoms with Crippen molar-refractivity contribution in [2.75, 3.05) is 31.6 Å². The summed E-state index contributed by atoms with van der Waals surface area (Å²) >= 11 is 1.70. The smallest absolute Gasteiger partial charge is 0.191 e. The number of benzene rings is 1. The molecule has 1 fully saturated rings. The number of ether oxygens (including phenoxy) is 1. The lowest BCUT2D eigenvalue weighted by Crippen LogP contribution is -2.44. The molecule has 2 N–H and O–H groups in total. The van der Waals surface area contributed by atoms with E-state index in [1.807, 2.05) is 18.3 Å². The normalized spacial score (nSPS) is 16.8. The van der Waals surface area contributed by atoms with Gasteiger partial charge in [-0.15, -0.1) is 35.3 Å². The Morgan fingerprint density at radius 2 is 2.22 bits per heavy atom. The minimum Gasteiger partial charge on any atom is -0.495 e. The lowest BCUT2D eigenvalue weighted by molar-refractivity contribution is 0.415. The molecule has 1 aromatic heterocycles. The molecule has 1 aromatic carbocycles. The third-order valence-corrected chi connectivity index (χ3v) is 5.24. The molecule has 0 aliphatic carbocycles. The number of aromatic nitrogens is 1. The number of nitrogens with one attached hydrogen (secondary N) is 2. The highest BCUT2D eigenvalue weighted by molar-refractivity contribution is 14.0. The zero-order chi connectivity index (χ0) is 18.4. The summed E-state index contributed by atoms with van der Waals surface area (Å²) < 4.78 is 5.50. The SMILES string of the molecule is CCNC(=NCc1ncc(C)s1)NC1CCN(c2ccccc2OC)C1.I. The van der Waals surface area contributed by atoms with Gasteiger partial charge in [0, 0.05) is 36.8 Å². The predicted molar refractivity (Wildman–Crippen MR) is 124 cm³/mol. The molecule has 0 amide bonds. The average molecular weight is 501 g/mol. The number of guanidine groups is 1. The van der Waals surface area contributed by atoms with E-state index >= 15 is 0 Å². The molecule has 8 heteroatoms. The van der Waals surface area contributed by atoms with E-state index in [0.29, 0.717) is 12.6 Å². The number of rotatable bonds is 6. The first-order valence-electron chi connectivity index (χ1n) is 9.03. The largest absolute Gasteiger partial charge is 0.495 e. The fourth-order valence-electron chi connectivity index (χ4n) is 3.12. The summed E-state index contributed by atoms with van der Waals surface area (Å²) in [5.74, 6) is 1.78. The zero-order valence-corrected chi connectivity index (χ0v) is 19.2. The molecule has 1 aliphatic heterocycles. The second-order valence-electron chi connectivity index (χ2n) is 6.31. The van der Waals surface area contributed by atoms with Gasteiger partial charge in [-0.25, -0.2) is 9.98 Å². The summed E-state index contributed by atoms with van der Waals surface area (Å²) in [7, 11) is 1.72. The number of hydrogen-bond acceptors (Lipinski definition) is 5. The van der Waals surface area contributed by atoms with Gasteiger partial charge in [0.2, 0.25) is 0 Å². The van der Waals surface area contributed by atoms with E-state index in [-0.39, 0.29) is 24.0 Å². The highest BCUT2D eigenvalue weighted by Gasteiger charge is 2.25. The van der Waals surface area contributed by atoms with E-state index in [1.54, 1.807) is 18.4 Å². The molecule has 1 saturated heterocycles. The van der Waals surface area contributed by atoms with E-state index in [0.717, 1.165) is 48.5 Å². The minimum absolute atomic E-state index is 0. The van der Waals surface area contributed by atoms with Crippen LogP contribution in [0.4, 0.5) is 5.69 Å². The van der Waals surface area contributed by atoms with Crippen molar-refractivity contribution in [2.24, 2.45) is 4.99 Å². The van der Waals surface area contributed by atoms with Crippen LogP contribution >= 0.6 is 35.3 Å². The van der Waals surface area contributed by atoms with Crippen LogP contribution in [0.1, 0.15) is 23.2 Å². The zero-order valence-electron chi connectivity index (χ0n) is 16.1. The van der Waals surface area contributed by atoms with Crippen molar-refractivity contribution < 1.29 is 4.74 Å². The Hall–Kier alpha value is -1.55. The van der Waals surface area contributed by atoms with Crippen LogP contribution in [0.5, 0.6) is 5.75 Å². The Bertz CT molecular complexity index is 751. The summed E-state index contributed by atoms with van der Waals surface area (Å²) in [5.41, 5.74) is 1.15. The van der Waals surface area contributed by atoms with E-state index in [1.165, 1.54) is 4.88 Å². The Kier molecular flexibility index (Phi) is 8.62. The number of para-hydroxylation sites is 2. The Morgan fingerprint density at radius 3 is 2.93 bits per heavy atom. The maximum atomic E-state index is 5.50. The van der Waals surface area contributed by atoms with E-state index in [4.69, 9.17) is 9.73 Å². The number of nitrogens with zero attached hydrogens (tertiary/aromatic N) is 3. The number of thiazole rings is 1. The van der Waals surface area contributed by atoms with E-state index in [9.17, 15) is 0 Å². The molecule has 0 spiro atoms. The van der Waals surface area contributed by atoms with Crippen LogP contribution in [0, 0.1) is 6.92 Å². The number of hydrogen-bond donors (Lipinski definition) is 2. The van der Waals surface area contributed by atoms with Gasteiger partial charge in [0.25, 0.3) is 0 Å². The van der Waals surface area contributed by atoms with Gasteiger partial charge < -0.3 is 20.3 Å². The summed E-state index contributed by atoms with van der Waals surface area (Å²) in [6.07, 6.45) is 2.97. The topological polar surface area (TPSA) is 61.8 Å². The van der Waals surface area contributed by atoms with Gasteiger partial charge in [-0.2, -0.15) is 0 Å². The minimum atomic E-state index is 0. The van der Waals surface area contributed by atoms with Crippen molar-refractivity contribution in [3.63, 3.8) is 0 Å². The van der Waals surface area contributed by atoms with Crippen molar-refractivity contribution >= 4 is 47.0 Å². The fourth-order valence-corrected chi connectivity index (χ4v) is 3.83. The van der Waals surface area contributed by atoms with Gasteiger partial charge >= 0.3 is 0 Å². The van der Waals surface area contributed by atoms with Crippen LogP contribution < -0.4 is 20.3 Å². The lowest BCUT2D eigenvalue weighted by Gasteiger charge is -2.22. The number of halogens is 1. The molecular formula is C19H28IN5OS. The predicted octanol–water partition coefficient (Wildman–Crippen LogP) is 3.41. The highest BCUT2D eigenvalue weighted by atomic mass is 127. The van der Waals surface area contributed by atoms with Gasteiger partial charge in [-0.3, -0.25) is 0 Å². The van der Waals surface area contributed by atoms with Gasteiger partial charge in [0.1, 0.15) is 10.8 Å². The lowest BCUT2D eigenvalue weighted by atomic mass is 10.2. The van der Waals surface area contributed by atoms with Crippen LogP contribution in [0.3, 0.4) is 0 Å². The Morgan fingerprint density at radius 1 is 1.41 bits per heavy atom. The van der Waals surface area contributed by atoms with Crippen molar-refractivity contribution in [1.82, 2.24) is 15.6 Å². The van der Waals surface area contributed by atoms with Crippen LogP contribution in [0.25, 0.3) is 0 Å². The molecule has 148 valence electrons. The quantitative estimate of drug-likeness (QED) is 0.361. The summed E-state index contributed by atoms with van der Waals surface area (Å²) in [4.78, 5) is 12.7. The maximum Gasteiger partial charge on any atom is 0.191 e. The molecule has 0 bridgehead atoms. The maximum absolute atomic E-state index is 5.50. The second-order valence-corrected chi connectivity index (χ2v) is 7.63. The molecule has 6 nitrogen and oxygen atoms in total. The molecule has 3 rings (SSSR count). The Labute approximate surface area is 182 Å². The van der Waals surface area contributed by atoms with E-state index in [2.05, 4.69) is 46.5 Å². The first-order valence-corrected chi connectivity index (χ1v) is 9.85. The van der Waals surface area contributed by atoms with Crippen molar-refractivity contribution in [1.29, 1.82) is 0 Å². The summed E-state index contributed by atoms with van der Waals surface area (Å²) in [6.45, 7) is 7.53. The molecule has 1 unspecified atom stereocenters. The molecule has 0 radical (unpaired) electrons. The number of aliphatic imine (C=N–C) groups is 1. The van der Waals surface area contributed by atoms with Crippen molar-refractivity contribution in [3.05, 3.63) is 40.3 Å². The molecule has 2 aromatic rings. The van der Waals surface area contributed by atoms with Gasteiger partial charge in [-0.1, -0.05) is 12.1 Å².